The highest BCUT2D eigenvalue weighted by Crippen LogP contribution is 2.33. The van der Waals surface area contributed by atoms with Crippen LogP contribution in [-0.2, 0) is 10.0 Å². The van der Waals surface area contributed by atoms with Crippen LogP contribution in [0.5, 0.6) is 0 Å². The molecular weight excluding hydrogens is 504 g/mol. The van der Waals surface area contributed by atoms with Gasteiger partial charge in [-0.05, 0) is 81.2 Å². The van der Waals surface area contributed by atoms with E-state index in [9.17, 15) is 13.2 Å². The third-order valence-corrected chi connectivity index (χ3v) is 9.65. The van der Waals surface area contributed by atoms with Gasteiger partial charge in [-0.25, -0.2) is 13.4 Å². The molecule has 1 aromatic heterocycles. The van der Waals surface area contributed by atoms with Crippen molar-refractivity contribution in [2.45, 2.75) is 59.3 Å². The molecule has 0 spiro atoms. The first-order valence-corrected chi connectivity index (χ1v) is 15.4. The van der Waals surface area contributed by atoms with Gasteiger partial charge in [0.25, 0.3) is 5.91 Å². The molecule has 0 saturated carbocycles. The van der Waals surface area contributed by atoms with Crippen molar-refractivity contribution in [1.82, 2.24) is 14.2 Å². The number of benzene rings is 2. The van der Waals surface area contributed by atoms with E-state index in [1.54, 1.807) is 29.2 Å². The minimum Gasteiger partial charge on any atom is -0.302 e. The van der Waals surface area contributed by atoms with Crippen molar-refractivity contribution in [3.63, 3.8) is 0 Å². The molecule has 0 radical (unpaired) electrons. The number of sulfonamides is 1. The number of anilines is 1. The zero-order chi connectivity index (χ0) is 27.2. The second-order valence-electron chi connectivity index (χ2n) is 9.34. The molecule has 7 nitrogen and oxygen atoms in total. The van der Waals surface area contributed by atoms with Crippen molar-refractivity contribution < 1.29 is 13.2 Å². The summed E-state index contributed by atoms with van der Waals surface area (Å²) in [6, 6.07) is 10.5. The quantitative estimate of drug-likeness (QED) is 0.275. The van der Waals surface area contributed by atoms with E-state index in [1.807, 2.05) is 26.8 Å². The van der Waals surface area contributed by atoms with Gasteiger partial charge >= 0.3 is 0 Å². The summed E-state index contributed by atoms with van der Waals surface area (Å²) >= 11 is 1.53. The summed E-state index contributed by atoms with van der Waals surface area (Å²) in [7, 11) is -3.60. The van der Waals surface area contributed by atoms with Crippen molar-refractivity contribution in [3.05, 3.63) is 53.1 Å². The molecule has 0 aliphatic rings. The summed E-state index contributed by atoms with van der Waals surface area (Å²) in [5.41, 5.74) is 3.63. The minimum absolute atomic E-state index is 0.177. The van der Waals surface area contributed by atoms with Crippen LogP contribution >= 0.6 is 11.3 Å². The number of hydrogen-bond donors (Lipinski definition) is 0. The van der Waals surface area contributed by atoms with Crippen LogP contribution in [0.3, 0.4) is 0 Å². The van der Waals surface area contributed by atoms with Crippen molar-refractivity contribution in [2.24, 2.45) is 0 Å². The van der Waals surface area contributed by atoms with Gasteiger partial charge in [0, 0.05) is 31.7 Å². The molecule has 202 valence electrons. The smallest absolute Gasteiger partial charge is 0.260 e. The van der Waals surface area contributed by atoms with Gasteiger partial charge in [0.1, 0.15) is 0 Å². The SMILES string of the molecule is CCCN(CCC)S(=O)(=O)c1ccc(C(=O)N(CCN(CC)CC)c2nc3cc(C)cc(C)c3s2)cc1. The second-order valence-corrected chi connectivity index (χ2v) is 12.3. The maximum atomic E-state index is 13.8. The van der Waals surface area contributed by atoms with Crippen LogP contribution in [0.2, 0.25) is 0 Å². The lowest BCUT2D eigenvalue weighted by Crippen LogP contribution is -2.39. The predicted molar refractivity (Wildman–Crippen MR) is 154 cm³/mol. The molecule has 0 aliphatic carbocycles. The van der Waals surface area contributed by atoms with E-state index in [0.29, 0.717) is 30.3 Å². The summed E-state index contributed by atoms with van der Waals surface area (Å²) < 4.78 is 28.9. The molecule has 1 heterocycles. The Kier molecular flexibility index (Phi) is 10.2. The topological polar surface area (TPSA) is 73.8 Å². The fourth-order valence-electron chi connectivity index (χ4n) is 4.47. The largest absolute Gasteiger partial charge is 0.302 e. The number of aryl methyl sites for hydroxylation is 2. The molecule has 0 bridgehead atoms. The van der Waals surface area contributed by atoms with Gasteiger partial charge in [0.05, 0.1) is 15.1 Å². The Bertz CT molecular complexity index is 1290. The van der Waals surface area contributed by atoms with E-state index in [2.05, 4.69) is 31.7 Å². The highest BCUT2D eigenvalue weighted by atomic mass is 32.2. The maximum Gasteiger partial charge on any atom is 0.260 e. The number of aromatic nitrogens is 1. The van der Waals surface area contributed by atoms with Gasteiger partial charge in [-0.15, -0.1) is 0 Å². The van der Waals surface area contributed by atoms with Crippen molar-refractivity contribution >= 4 is 42.6 Å². The lowest BCUT2D eigenvalue weighted by molar-refractivity contribution is 0.0983. The minimum atomic E-state index is -3.60. The number of rotatable bonds is 13. The van der Waals surface area contributed by atoms with Gasteiger partial charge < -0.3 is 4.90 Å². The Morgan fingerprint density at radius 3 is 2.08 bits per heavy atom. The van der Waals surface area contributed by atoms with Gasteiger partial charge in [-0.3, -0.25) is 9.69 Å². The Morgan fingerprint density at radius 2 is 1.51 bits per heavy atom. The van der Waals surface area contributed by atoms with Crippen LogP contribution in [0.25, 0.3) is 10.2 Å². The molecule has 0 unspecified atom stereocenters. The lowest BCUT2D eigenvalue weighted by atomic mass is 10.1. The third kappa shape index (κ3) is 6.76. The summed E-state index contributed by atoms with van der Waals surface area (Å²) in [6.45, 7) is 16.3. The van der Waals surface area contributed by atoms with E-state index in [0.717, 1.165) is 53.8 Å². The molecule has 37 heavy (non-hydrogen) atoms. The monoisotopic (exact) mass is 544 g/mol. The first kappa shape index (κ1) is 29.2. The second kappa shape index (κ2) is 13.0. The average molecular weight is 545 g/mol. The molecule has 0 saturated heterocycles. The molecular formula is C28H40N4O3S2. The van der Waals surface area contributed by atoms with Crippen molar-refractivity contribution in [3.8, 4) is 0 Å². The number of thiazole rings is 1. The van der Waals surface area contributed by atoms with Crippen LogP contribution in [0, 0.1) is 13.8 Å². The number of carbonyl (C=O) groups is 1. The molecule has 2 aromatic carbocycles. The number of hydrogen-bond acceptors (Lipinski definition) is 6. The van der Waals surface area contributed by atoms with E-state index in [1.165, 1.54) is 15.6 Å². The number of amides is 1. The molecule has 0 N–H and O–H groups in total. The maximum absolute atomic E-state index is 13.8. The standard InChI is InChI=1S/C28H40N4O3S2/c1-7-15-31(16-8-2)37(34,35)24-13-11-23(12-14-24)27(33)32(18-17-30(9-3)10-4)28-29-25-20-21(5)19-22(6)26(25)36-28/h11-14,19-20H,7-10,15-18H2,1-6H3. The number of nitrogens with zero attached hydrogens (tertiary/aromatic N) is 4. The Morgan fingerprint density at radius 1 is 0.892 bits per heavy atom. The molecule has 0 aliphatic heterocycles. The van der Waals surface area contributed by atoms with Crippen LogP contribution in [0.15, 0.2) is 41.3 Å². The van der Waals surface area contributed by atoms with Gasteiger partial charge in [-0.2, -0.15) is 4.31 Å². The van der Waals surface area contributed by atoms with E-state index in [4.69, 9.17) is 4.98 Å². The van der Waals surface area contributed by atoms with Crippen LogP contribution < -0.4 is 4.90 Å². The van der Waals surface area contributed by atoms with E-state index < -0.39 is 10.0 Å². The predicted octanol–water partition coefficient (Wildman–Crippen LogP) is 5.71. The first-order chi connectivity index (χ1) is 17.7. The molecule has 9 heteroatoms. The highest BCUT2D eigenvalue weighted by molar-refractivity contribution is 7.89. The van der Waals surface area contributed by atoms with Crippen LogP contribution in [0.1, 0.15) is 62.0 Å². The van der Waals surface area contributed by atoms with Gasteiger partial charge in [-0.1, -0.05) is 45.1 Å². The molecule has 3 aromatic rings. The zero-order valence-corrected chi connectivity index (χ0v) is 24.6. The molecule has 0 atom stereocenters. The summed E-state index contributed by atoms with van der Waals surface area (Å²) in [5, 5.41) is 0.662. The summed E-state index contributed by atoms with van der Waals surface area (Å²) in [6.07, 6.45) is 1.50. The summed E-state index contributed by atoms with van der Waals surface area (Å²) in [4.78, 5) is 22.8. The fraction of sp³-hybridized carbons (Fsp3) is 0.500. The molecule has 3 rings (SSSR count). The van der Waals surface area contributed by atoms with E-state index >= 15 is 0 Å². The zero-order valence-electron chi connectivity index (χ0n) is 23.0. The molecule has 1 amide bonds. The number of carbonyl (C=O) groups excluding carboxylic acids is 1. The Labute approximate surface area is 226 Å². The normalized spacial score (nSPS) is 12.1. The molecule has 0 fully saturated rings. The number of likely N-dealkylation sites (N-methyl/N-ethyl adjacent to an activating group) is 1. The Balaban J connectivity index is 1.95. The third-order valence-electron chi connectivity index (χ3n) is 6.50. The summed E-state index contributed by atoms with van der Waals surface area (Å²) in [5.74, 6) is -0.177. The number of fused-ring (bicyclic) bond motifs is 1. The highest BCUT2D eigenvalue weighted by Gasteiger charge is 2.26. The van der Waals surface area contributed by atoms with E-state index in [-0.39, 0.29) is 10.8 Å². The fourth-order valence-corrected chi connectivity index (χ4v) is 7.14. The Hall–Kier alpha value is -2.33. The van der Waals surface area contributed by atoms with Crippen molar-refractivity contribution in [2.75, 3.05) is 44.2 Å². The van der Waals surface area contributed by atoms with Crippen LogP contribution in [0.4, 0.5) is 5.13 Å². The lowest BCUT2D eigenvalue weighted by Gasteiger charge is -2.25. The van der Waals surface area contributed by atoms with Gasteiger partial charge in [0.15, 0.2) is 5.13 Å². The average Bonchev–Trinajstić information content (AvgIpc) is 3.30. The van der Waals surface area contributed by atoms with Crippen LogP contribution in [-0.4, -0.2) is 67.8 Å². The first-order valence-electron chi connectivity index (χ1n) is 13.2. The van der Waals surface area contributed by atoms with Gasteiger partial charge in [0.2, 0.25) is 10.0 Å². The van der Waals surface area contributed by atoms with Crippen molar-refractivity contribution in [1.29, 1.82) is 0 Å².